The number of imidazole rings is 1. The molecule has 2 heterocycles. The van der Waals surface area contributed by atoms with E-state index in [0.717, 1.165) is 4.47 Å². The summed E-state index contributed by atoms with van der Waals surface area (Å²) in [7, 11) is 0. The maximum absolute atomic E-state index is 13.5. The number of likely N-dealkylation sites (tertiary alicyclic amines) is 1. The van der Waals surface area contributed by atoms with E-state index < -0.39 is 23.5 Å². The molecule has 0 radical (unpaired) electrons. The Hall–Kier alpha value is -3.65. The van der Waals surface area contributed by atoms with Crippen LogP contribution in [0.25, 0.3) is 5.76 Å². The van der Waals surface area contributed by atoms with Crippen molar-refractivity contribution in [3.05, 3.63) is 101 Å². The summed E-state index contributed by atoms with van der Waals surface area (Å²) < 4.78 is 8.43. The van der Waals surface area contributed by atoms with Gasteiger partial charge in [0.2, 0.25) is 12.1 Å². The zero-order chi connectivity index (χ0) is 24.1. The van der Waals surface area contributed by atoms with E-state index >= 15 is 0 Å². The fourth-order valence-corrected chi connectivity index (χ4v) is 4.28. The number of ketones is 1. The van der Waals surface area contributed by atoms with Crippen molar-refractivity contribution in [2.24, 2.45) is 0 Å². The van der Waals surface area contributed by atoms with Crippen LogP contribution in [0, 0.1) is 0 Å². The average Bonchev–Trinajstić information content (AvgIpc) is 3.45. The number of nitrogens with one attached hydrogen (secondary N) is 1. The summed E-state index contributed by atoms with van der Waals surface area (Å²) in [6, 6.07) is 13.1. The van der Waals surface area contributed by atoms with E-state index in [-0.39, 0.29) is 5.57 Å². The average molecular weight is 522 g/mol. The van der Waals surface area contributed by atoms with Gasteiger partial charge < -0.3 is 14.7 Å². The summed E-state index contributed by atoms with van der Waals surface area (Å²) in [5.41, 5.74) is 0.964. The molecule has 1 amide bonds. The Labute approximate surface area is 206 Å². The molecule has 0 saturated carbocycles. The number of carbonyl (C=O) groups is 2. The van der Waals surface area contributed by atoms with E-state index in [1.165, 1.54) is 4.90 Å². The van der Waals surface area contributed by atoms with Crippen molar-refractivity contribution in [1.29, 1.82) is 0 Å². The van der Waals surface area contributed by atoms with Gasteiger partial charge in [0.1, 0.15) is 24.8 Å². The number of Topliss-reactive ketones (excluding diaryl/α,β-unsaturated/α-hetero) is 1. The third-order valence-electron chi connectivity index (χ3n) is 5.60. The molecule has 1 saturated heterocycles. The molecule has 4 rings (SSSR count). The van der Waals surface area contributed by atoms with Crippen molar-refractivity contribution >= 4 is 33.4 Å². The molecule has 1 N–H and O–H groups in total. The predicted octanol–water partition coefficient (Wildman–Crippen LogP) is 2.94. The lowest BCUT2D eigenvalue weighted by molar-refractivity contribution is -0.695. The second-order valence-corrected chi connectivity index (χ2v) is 8.77. The molecule has 1 aromatic heterocycles. The van der Waals surface area contributed by atoms with Gasteiger partial charge in [0.25, 0.3) is 5.91 Å². The number of H-pyrrole nitrogens is 1. The van der Waals surface area contributed by atoms with Crippen LogP contribution >= 0.6 is 15.9 Å². The normalized spacial score (nSPS) is 17.2. The van der Waals surface area contributed by atoms with Gasteiger partial charge in [0.05, 0.1) is 12.6 Å². The third-order valence-corrected chi connectivity index (χ3v) is 6.12. The van der Waals surface area contributed by atoms with Crippen LogP contribution in [0.4, 0.5) is 0 Å². The van der Waals surface area contributed by atoms with Crippen LogP contribution in [0.5, 0.6) is 5.75 Å². The van der Waals surface area contributed by atoms with Gasteiger partial charge in [-0.2, -0.15) is 0 Å². The highest BCUT2D eigenvalue weighted by molar-refractivity contribution is 9.10. The third kappa shape index (κ3) is 4.97. The SMILES string of the molecule is C=CCOc1cccc(C2C(=C([O-])c3ccc(Br)cc3)C(=O)C(=O)N2CCC[n+]2cc[nH]c2)c1. The van der Waals surface area contributed by atoms with Crippen LogP contribution in [-0.2, 0) is 16.1 Å². The summed E-state index contributed by atoms with van der Waals surface area (Å²) in [5.74, 6) is -1.30. The Kier molecular flexibility index (Phi) is 7.27. The van der Waals surface area contributed by atoms with Crippen molar-refractivity contribution < 1.29 is 24.0 Å². The van der Waals surface area contributed by atoms with E-state index in [0.29, 0.717) is 43.0 Å². The lowest BCUT2D eigenvalue weighted by Gasteiger charge is -2.27. The number of hydrogen-bond acceptors (Lipinski definition) is 4. The Morgan fingerprint density at radius 3 is 2.74 bits per heavy atom. The second kappa shape index (κ2) is 10.5. The number of ether oxygens (including phenoxy) is 1. The fraction of sp³-hybridized carbons (Fsp3) is 0.192. The first kappa shape index (κ1) is 23.5. The van der Waals surface area contributed by atoms with Crippen LogP contribution < -0.4 is 14.4 Å². The predicted molar refractivity (Wildman–Crippen MR) is 128 cm³/mol. The molecule has 3 aromatic rings. The largest absolute Gasteiger partial charge is 0.872 e. The molecular weight excluding hydrogens is 498 g/mol. The molecule has 2 aromatic carbocycles. The van der Waals surface area contributed by atoms with Gasteiger partial charge >= 0.3 is 0 Å². The number of halogens is 1. The van der Waals surface area contributed by atoms with E-state index in [1.807, 2.05) is 23.3 Å². The Bertz CT molecular complexity index is 1220. The smallest absolute Gasteiger partial charge is 0.295 e. The highest BCUT2D eigenvalue weighted by atomic mass is 79.9. The van der Waals surface area contributed by atoms with Gasteiger partial charge in [-0.05, 0) is 35.4 Å². The summed E-state index contributed by atoms with van der Waals surface area (Å²) in [5, 5.41) is 13.5. The molecule has 1 unspecified atom stereocenters. The van der Waals surface area contributed by atoms with Crippen molar-refractivity contribution in [1.82, 2.24) is 9.88 Å². The number of aromatic amines is 1. The van der Waals surface area contributed by atoms with Crippen molar-refractivity contribution in [3.8, 4) is 5.75 Å². The number of rotatable bonds is 9. The van der Waals surface area contributed by atoms with Gasteiger partial charge in [-0.25, -0.2) is 4.57 Å². The molecule has 34 heavy (non-hydrogen) atoms. The number of aryl methyl sites for hydroxylation is 1. The van der Waals surface area contributed by atoms with E-state index in [2.05, 4.69) is 27.5 Å². The summed E-state index contributed by atoms with van der Waals surface area (Å²) in [6.45, 7) is 4.96. The van der Waals surface area contributed by atoms with E-state index in [9.17, 15) is 14.7 Å². The molecule has 0 bridgehead atoms. The zero-order valence-corrected chi connectivity index (χ0v) is 20.0. The van der Waals surface area contributed by atoms with Crippen molar-refractivity contribution in [3.63, 3.8) is 0 Å². The second-order valence-electron chi connectivity index (χ2n) is 7.85. The molecule has 1 fully saturated rings. The first-order valence-corrected chi connectivity index (χ1v) is 11.7. The Morgan fingerprint density at radius 1 is 1.24 bits per heavy atom. The first-order valence-electron chi connectivity index (χ1n) is 10.9. The molecular formula is C26H24BrN3O4. The zero-order valence-electron chi connectivity index (χ0n) is 18.4. The molecule has 7 nitrogen and oxygen atoms in total. The molecule has 1 atom stereocenters. The number of carbonyl (C=O) groups excluding carboxylic acids is 2. The molecule has 0 aliphatic carbocycles. The number of aromatic nitrogens is 2. The van der Waals surface area contributed by atoms with E-state index in [1.54, 1.807) is 54.6 Å². The summed E-state index contributed by atoms with van der Waals surface area (Å²) >= 11 is 3.36. The maximum Gasteiger partial charge on any atom is 0.295 e. The van der Waals surface area contributed by atoms with Crippen LogP contribution in [0.3, 0.4) is 0 Å². The maximum atomic E-state index is 13.5. The standard InChI is InChI=1S/C26H24BrN3O4/c1-2-15-34-21-6-3-5-19(16-21)23-22(24(31)18-7-9-20(27)10-8-18)25(32)26(33)30(23)13-4-12-29-14-11-28-17-29/h2-3,5-11,14,16-17,23H,1,4,12-13,15H2,(H,31,32). The summed E-state index contributed by atoms with van der Waals surface area (Å²) in [4.78, 5) is 30.7. The topological polar surface area (TPSA) is 89.3 Å². The highest BCUT2D eigenvalue weighted by Crippen LogP contribution is 2.39. The number of hydrogen-bond donors (Lipinski definition) is 1. The van der Waals surface area contributed by atoms with Gasteiger partial charge in [0.15, 0.2) is 0 Å². The molecule has 8 heteroatoms. The van der Waals surface area contributed by atoms with Gasteiger partial charge in [-0.15, -0.1) is 0 Å². The molecule has 1 aliphatic rings. The number of benzene rings is 2. The lowest BCUT2D eigenvalue weighted by Crippen LogP contribution is -2.36. The molecule has 174 valence electrons. The lowest BCUT2D eigenvalue weighted by atomic mass is 9.95. The Morgan fingerprint density at radius 2 is 2.03 bits per heavy atom. The summed E-state index contributed by atoms with van der Waals surface area (Å²) in [6.07, 6.45) is 7.77. The minimum Gasteiger partial charge on any atom is -0.872 e. The highest BCUT2D eigenvalue weighted by Gasteiger charge is 2.44. The first-order chi connectivity index (χ1) is 16.5. The monoisotopic (exact) mass is 521 g/mol. The minimum atomic E-state index is -0.792. The van der Waals surface area contributed by atoms with Crippen LogP contribution in [0.1, 0.15) is 23.6 Å². The fourth-order valence-electron chi connectivity index (χ4n) is 4.02. The minimum absolute atomic E-state index is 0.0394. The van der Waals surface area contributed by atoms with E-state index in [4.69, 9.17) is 4.74 Å². The van der Waals surface area contributed by atoms with Crippen molar-refractivity contribution in [2.75, 3.05) is 13.2 Å². The molecule has 1 aliphatic heterocycles. The molecule has 0 spiro atoms. The quantitative estimate of drug-likeness (QED) is 0.154. The number of nitrogens with zero attached hydrogens (tertiary/aromatic N) is 2. The van der Waals surface area contributed by atoms with Crippen molar-refractivity contribution in [2.45, 2.75) is 19.0 Å². The van der Waals surface area contributed by atoms with Gasteiger partial charge in [0, 0.05) is 23.0 Å². The van der Waals surface area contributed by atoms with Gasteiger partial charge in [-0.3, -0.25) is 14.6 Å². The Balaban J connectivity index is 1.73. The van der Waals surface area contributed by atoms with Crippen LogP contribution in [0.2, 0.25) is 0 Å². The van der Waals surface area contributed by atoms with Gasteiger partial charge in [-0.1, -0.05) is 58.6 Å². The van der Waals surface area contributed by atoms with Crippen LogP contribution in [0.15, 0.2) is 90.0 Å². The van der Waals surface area contributed by atoms with Crippen LogP contribution in [-0.4, -0.2) is 34.7 Å². The number of amides is 1.